The molecule has 136 valence electrons. The molecule has 3 rings (SSSR count). The maximum absolute atomic E-state index is 12.1. The summed E-state index contributed by atoms with van der Waals surface area (Å²) >= 11 is 3.46. The van der Waals surface area contributed by atoms with Crippen molar-refractivity contribution in [3.63, 3.8) is 0 Å². The Labute approximate surface area is 163 Å². The Kier molecular flexibility index (Phi) is 5.77. The average Bonchev–Trinajstić information content (AvgIpc) is 3.10. The second-order valence-corrected chi connectivity index (χ2v) is 7.32. The van der Waals surface area contributed by atoms with Gasteiger partial charge in [-0.05, 0) is 49.2 Å². The first kappa shape index (κ1) is 18.6. The molecule has 2 aromatic rings. The fraction of sp³-hybridized carbons (Fsp3) is 0.333. The van der Waals surface area contributed by atoms with E-state index in [1.165, 1.54) is 5.69 Å². The smallest absolute Gasteiger partial charge is 0.240 e. The van der Waals surface area contributed by atoms with Crippen LogP contribution >= 0.6 is 15.9 Å². The lowest BCUT2D eigenvalue weighted by molar-refractivity contribution is -0.130. The van der Waals surface area contributed by atoms with Crippen molar-refractivity contribution in [3.8, 4) is 0 Å². The van der Waals surface area contributed by atoms with Gasteiger partial charge in [0.15, 0.2) is 0 Å². The molecule has 4 nitrogen and oxygen atoms in total. The first-order chi connectivity index (χ1) is 12.5. The summed E-state index contributed by atoms with van der Waals surface area (Å²) in [5.74, 6) is -0.0346. The lowest BCUT2D eigenvalue weighted by atomic mass is 9.98. The number of anilines is 1. The van der Waals surface area contributed by atoms with E-state index in [9.17, 15) is 4.79 Å². The standard InChI is InChI=1S/C21H24BrN3O/c1-4-24(5-2)19-12-8-16(9-13-19)20-14-21(25(23-20)15(3)26)17-6-10-18(22)11-7-17/h6-13,21H,4-5,14H2,1-3H3. The number of carbonyl (C=O) groups excluding carboxylic acids is 1. The van der Waals surface area contributed by atoms with Crippen LogP contribution in [0.3, 0.4) is 0 Å². The number of nitrogens with zero attached hydrogens (tertiary/aromatic N) is 3. The van der Waals surface area contributed by atoms with Gasteiger partial charge in [0.05, 0.1) is 11.8 Å². The van der Waals surface area contributed by atoms with Crippen molar-refractivity contribution in [3.05, 3.63) is 64.1 Å². The van der Waals surface area contributed by atoms with E-state index in [0.29, 0.717) is 0 Å². The van der Waals surface area contributed by atoms with Crippen LogP contribution in [0.2, 0.25) is 0 Å². The van der Waals surface area contributed by atoms with E-state index in [0.717, 1.165) is 40.8 Å². The van der Waals surface area contributed by atoms with Gasteiger partial charge in [-0.15, -0.1) is 0 Å². The van der Waals surface area contributed by atoms with Gasteiger partial charge in [-0.25, -0.2) is 5.01 Å². The Morgan fingerprint density at radius 1 is 1.12 bits per heavy atom. The highest BCUT2D eigenvalue weighted by molar-refractivity contribution is 9.10. The number of amides is 1. The normalized spacial score (nSPS) is 16.5. The SMILES string of the molecule is CCN(CC)c1ccc(C2=NN(C(C)=O)C(c3ccc(Br)cc3)C2)cc1. The van der Waals surface area contributed by atoms with E-state index >= 15 is 0 Å². The van der Waals surface area contributed by atoms with Crippen LogP contribution in [0.4, 0.5) is 5.69 Å². The van der Waals surface area contributed by atoms with Gasteiger partial charge < -0.3 is 4.90 Å². The molecule has 0 aliphatic carbocycles. The minimum absolute atomic E-state index is 0.0346. The molecule has 1 atom stereocenters. The van der Waals surface area contributed by atoms with Crippen molar-refractivity contribution in [2.75, 3.05) is 18.0 Å². The minimum Gasteiger partial charge on any atom is -0.372 e. The summed E-state index contributed by atoms with van der Waals surface area (Å²) < 4.78 is 1.03. The van der Waals surface area contributed by atoms with Crippen LogP contribution < -0.4 is 4.90 Å². The second-order valence-electron chi connectivity index (χ2n) is 6.40. The number of hydrogen-bond donors (Lipinski definition) is 0. The van der Waals surface area contributed by atoms with Crippen molar-refractivity contribution < 1.29 is 4.79 Å². The summed E-state index contributed by atoms with van der Waals surface area (Å²) in [6, 6.07) is 16.5. The molecule has 0 saturated heterocycles. The van der Waals surface area contributed by atoms with Crippen molar-refractivity contribution in [2.24, 2.45) is 5.10 Å². The average molecular weight is 414 g/mol. The second kappa shape index (κ2) is 8.04. The summed E-state index contributed by atoms with van der Waals surface area (Å²) in [6.45, 7) is 7.86. The molecule has 1 unspecified atom stereocenters. The predicted octanol–water partition coefficient (Wildman–Crippen LogP) is 4.99. The molecule has 0 bridgehead atoms. The quantitative estimate of drug-likeness (QED) is 0.691. The molecule has 0 saturated carbocycles. The number of carbonyl (C=O) groups is 1. The number of hydrogen-bond acceptors (Lipinski definition) is 3. The van der Waals surface area contributed by atoms with Crippen LogP contribution in [0.1, 0.15) is 44.4 Å². The first-order valence-electron chi connectivity index (χ1n) is 9.01. The van der Waals surface area contributed by atoms with Gasteiger partial charge in [-0.3, -0.25) is 4.79 Å². The molecule has 0 N–H and O–H groups in total. The van der Waals surface area contributed by atoms with E-state index in [-0.39, 0.29) is 11.9 Å². The monoisotopic (exact) mass is 413 g/mol. The molecule has 0 spiro atoms. The van der Waals surface area contributed by atoms with E-state index in [4.69, 9.17) is 0 Å². The van der Waals surface area contributed by atoms with Gasteiger partial charge in [0.1, 0.15) is 0 Å². The summed E-state index contributed by atoms with van der Waals surface area (Å²) in [5, 5.41) is 6.24. The molecule has 1 aliphatic rings. The van der Waals surface area contributed by atoms with Gasteiger partial charge in [0.2, 0.25) is 5.91 Å². The highest BCUT2D eigenvalue weighted by Gasteiger charge is 2.31. The van der Waals surface area contributed by atoms with E-state index in [2.05, 4.69) is 64.0 Å². The third kappa shape index (κ3) is 3.83. The largest absolute Gasteiger partial charge is 0.372 e. The fourth-order valence-electron chi connectivity index (χ4n) is 3.37. The molecule has 2 aromatic carbocycles. The number of benzene rings is 2. The summed E-state index contributed by atoms with van der Waals surface area (Å²) in [7, 11) is 0. The first-order valence-corrected chi connectivity index (χ1v) is 9.81. The Morgan fingerprint density at radius 3 is 2.27 bits per heavy atom. The van der Waals surface area contributed by atoms with Crippen molar-refractivity contribution in [1.82, 2.24) is 5.01 Å². The lowest BCUT2D eigenvalue weighted by Crippen LogP contribution is -2.24. The van der Waals surface area contributed by atoms with Gasteiger partial charge >= 0.3 is 0 Å². The zero-order valence-corrected chi connectivity index (χ0v) is 17.0. The van der Waals surface area contributed by atoms with Crippen molar-refractivity contribution in [1.29, 1.82) is 0 Å². The minimum atomic E-state index is -0.0435. The summed E-state index contributed by atoms with van der Waals surface area (Å²) in [5.41, 5.74) is 4.35. The van der Waals surface area contributed by atoms with Gasteiger partial charge in [-0.2, -0.15) is 5.10 Å². The molecule has 0 radical (unpaired) electrons. The zero-order chi connectivity index (χ0) is 18.7. The topological polar surface area (TPSA) is 35.9 Å². The third-order valence-electron chi connectivity index (χ3n) is 4.82. The highest BCUT2D eigenvalue weighted by atomic mass is 79.9. The van der Waals surface area contributed by atoms with E-state index in [1.807, 2.05) is 24.3 Å². The third-order valence-corrected chi connectivity index (χ3v) is 5.35. The molecular formula is C21H24BrN3O. The van der Waals surface area contributed by atoms with Crippen LogP contribution in [0.15, 0.2) is 58.1 Å². The number of halogens is 1. The molecule has 0 aromatic heterocycles. The summed E-state index contributed by atoms with van der Waals surface area (Å²) in [6.07, 6.45) is 0.728. The Bertz CT molecular complexity index is 795. The molecule has 1 amide bonds. The summed E-state index contributed by atoms with van der Waals surface area (Å²) in [4.78, 5) is 14.4. The Balaban J connectivity index is 1.85. The van der Waals surface area contributed by atoms with E-state index < -0.39 is 0 Å². The van der Waals surface area contributed by atoms with Gasteiger partial charge in [-0.1, -0.05) is 40.2 Å². The maximum Gasteiger partial charge on any atom is 0.240 e. The van der Waals surface area contributed by atoms with Crippen molar-refractivity contribution in [2.45, 2.75) is 33.2 Å². The van der Waals surface area contributed by atoms with Crippen LogP contribution in [0.5, 0.6) is 0 Å². The molecule has 26 heavy (non-hydrogen) atoms. The van der Waals surface area contributed by atoms with Crippen LogP contribution in [-0.2, 0) is 4.79 Å². The highest BCUT2D eigenvalue weighted by Crippen LogP contribution is 2.33. The molecule has 0 fully saturated rings. The zero-order valence-electron chi connectivity index (χ0n) is 15.4. The molecular weight excluding hydrogens is 390 g/mol. The Hall–Kier alpha value is -2.14. The molecule has 1 heterocycles. The Morgan fingerprint density at radius 2 is 1.73 bits per heavy atom. The maximum atomic E-state index is 12.1. The van der Waals surface area contributed by atoms with E-state index in [1.54, 1.807) is 11.9 Å². The van der Waals surface area contributed by atoms with Crippen LogP contribution in [0.25, 0.3) is 0 Å². The van der Waals surface area contributed by atoms with Gasteiger partial charge in [0, 0.05) is 36.6 Å². The van der Waals surface area contributed by atoms with Gasteiger partial charge in [0.25, 0.3) is 0 Å². The van der Waals surface area contributed by atoms with Crippen molar-refractivity contribution >= 4 is 33.2 Å². The predicted molar refractivity (Wildman–Crippen MR) is 111 cm³/mol. The fourth-order valence-corrected chi connectivity index (χ4v) is 3.64. The van der Waals surface area contributed by atoms with Crippen LogP contribution in [-0.4, -0.2) is 29.7 Å². The number of rotatable bonds is 5. The molecule has 5 heteroatoms. The molecule has 1 aliphatic heterocycles. The van der Waals surface area contributed by atoms with Crippen LogP contribution in [0, 0.1) is 0 Å². The lowest BCUT2D eigenvalue weighted by Gasteiger charge is -2.21. The number of hydrazone groups is 1.